The van der Waals surface area contributed by atoms with Gasteiger partial charge >= 0.3 is 0 Å². The molecule has 0 saturated carbocycles. The van der Waals surface area contributed by atoms with E-state index in [2.05, 4.69) is 10.6 Å². The molecule has 0 aliphatic heterocycles. The summed E-state index contributed by atoms with van der Waals surface area (Å²) in [6.45, 7) is 8.12. The maximum Gasteiger partial charge on any atom is 0.230 e. The third-order valence-corrected chi connectivity index (χ3v) is 12.8. The Bertz CT molecular complexity index is 2600. The van der Waals surface area contributed by atoms with Crippen LogP contribution in [0.15, 0.2) is 182 Å². The van der Waals surface area contributed by atoms with Crippen molar-refractivity contribution in [2.45, 2.75) is 83.1 Å². The zero-order valence-electron chi connectivity index (χ0n) is 37.7. The SMILES string of the molecule is Cc1ccc(CC(O)(Cc2ccc(C)cc2)[C@@H](NC(=O)CC(=O)N[C@@H](c2cccc3ccccc23)C(O)(Cc2ccc(C)cc2)Cc2ccc(C)cc2)c2cccc3ccccc23)cc1. The van der Waals surface area contributed by atoms with Crippen molar-refractivity contribution >= 4 is 33.4 Å². The maximum atomic E-state index is 14.7. The number of carbonyl (C=O) groups is 2. The molecule has 6 nitrogen and oxygen atoms in total. The molecular formula is C59H58N2O4. The molecule has 0 heterocycles. The van der Waals surface area contributed by atoms with E-state index in [1.807, 2.05) is 210 Å². The number of nitrogens with one attached hydrogen (secondary N) is 2. The normalized spacial score (nSPS) is 12.8. The van der Waals surface area contributed by atoms with Crippen molar-refractivity contribution < 1.29 is 19.8 Å². The van der Waals surface area contributed by atoms with Crippen molar-refractivity contribution in [3.63, 3.8) is 0 Å². The highest BCUT2D eigenvalue weighted by Gasteiger charge is 2.42. The van der Waals surface area contributed by atoms with Gasteiger partial charge in [0.25, 0.3) is 0 Å². The minimum absolute atomic E-state index is 0.232. The highest BCUT2D eigenvalue weighted by Crippen LogP contribution is 2.39. The summed E-state index contributed by atoms with van der Waals surface area (Å²) in [4.78, 5) is 29.4. The van der Waals surface area contributed by atoms with Gasteiger partial charge in [0.1, 0.15) is 6.42 Å². The zero-order valence-corrected chi connectivity index (χ0v) is 37.7. The van der Waals surface area contributed by atoms with E-state index in [1.54, 1.807) is 0 Å². The summed E-state index contributed by atoms with van der Waals surface area (Å²) in [5, 5.41) is 36.7. The number of rotatable bonds is 16. The van der Waals surface area contributed by atoms with Crippen molar-refractivity contribution in [2.75, 3.05) is 0 Å². The van der Waals surface area contributed by atoms with Crippen molar-refractivity contribution in [3.8, 4) is 0 Å². The maximum absolute atomic E-state index is 14.7. The van der Waals surface area contributed by atoms with Crippen molar-refractivity contribution in [1.29, 1.82) is 0 Å². The second-order valence-electron chi connectivity index (χ2n) is 18.2. The summed E-state index contributed by atoms with van der Waals surface area (Å²) in [6.07, 6.45) is 0.385. The Morgan fingerprint density at radius 3 is 0.985 bits per heavy atom. The van der Waals surface area contributed by atoms with Crippen LogP contribution in [0.25, 0.3) is 21.5 Å². The lowest BCUT2D eigenvalue weighted by Gasteiger charge is -2.39. The molecule has 0 aromatic heterocycles. The second kappa shape index (κ2) is 19.5. The Labute approximate surface area is 383 Å². The molecule has 0 aliphatic carbocycles. The molecule has 4 N–H and O–H groups in total. The number of carbonyl (C=O) groups excluding carboxylic acids is 2. The van der Waals surface area contributed by atoms with Crippen LogP contribution in [0.2, 0.25) is 0 Å². The number of fused-ring (bicyclic) bond motifs is 2. The molecular weight excluding hydrogens is 801 g/mol. The van der Waals surface area contributed by atoms with Crippen molar-refractivity contribution in [2.24, 2.45) is 0 Å². The molecule has 0 radical (unpaired) electrons. The summed E-state index contributed by atoms with van der Waals surface area (Å²) in [7, 11) is 0. The third-order valence-electron chi connectivity index (χ3n) is 12.8. The molecule has 2 amide bonds. The topological polar surface area (TPSA) is 98.7 Å². The fourth-order valence-electron chi connectivity index (χ4n) is 9.35. The van der Waals surface area contributed by atoms with Gasteiger partial charge in [0.2, 0.25) is 11.8 Å². The lowest BCUT2D eigenvalue weighted by Crippen LogP contribution is -2.51. The van der Waals surface area contributed by atoms with Gasteiger partial charge in [-0.1, -0.05) is 204 Å². The van der Waals surface area contributed by atoms with Crippen molar-refractivity contribution in [3.05, 3.63) is 238 Å². The average Bonchev–Trinajstić information content (AvgIpc) is 3.30. The highest BCUT2D eigenvalue weighted by atomic mass is 16.3. The average molecular weight is 859 g/mol. The Kier molecular flexibility index (Phi) is 13.4. The van der Waals surface area contributed by atoms with Gasteiger partial charge in [-0.2, -0.15) is 0 Å². The van der Waals surface area contributed by atoms with Crippen LogP contribution >= 0.6 is 0 Å². The van der Waals surface area contributed by atoms with Gasteiger partial charge in [-0.05, 0) is 82.6 Å². The van der Waals surface area contributed by atoms with Gasteiger partial charge in [0, 0.05) is 25.7 Å². The summed E-state index contributed by atoms with van der Waals surface area (Å²) >= 11 is 0. The molecule has 65 heavy (non-hydrogen) atoms. The number of benzene rings is 8. The minimum Gasteiger partial charge on any atom is -0.387 e. The largest absolute Gasteiger partial charge is 0.387 e. The van der Waals surface area contributed by atoms with E-state index >= 15 is 0 Å². The number of amides is 2. The van der Waals surface area contributed by atoms with E-state index < -0.39 is 41.5 Å². The lowest BCUT2D eigenvalue weighted by atomic mass is 9.77. The minimum atomic E-state index is -1.53. The van der Waals surface area contributed by atoms with Crippen LogP contribution in [-0.2, 0) is 35.3 Å². The Hall–Kier alpha value is -6.86. The van der Waals surface area contributed by atoms with Gasteiger partial charge in [-0.15, -0.1) is 0 Å². The molecule has 0 spiro atoms. The van der Waals surface area contributed by atoms with Crippen LogP contribution in [0.3, 0.4) is 0 Å². The zero-order chi connectivity index (χ0) is 45.6. The first-order valence-electron chi connectivity index (χ1n) is 22.6. The van der Waals surface area contributed by atoms with Crippen LogP contribution in [-0.4, -0.2) is 33.2 Å². The second-order valence-corrected chi connectivity index (χ2v) is 18.2. The van der Waals surface area contributed by atoms with Crippen LogP contribution in [0.5, 0.6) is 0 Å². The molecule has 8 aromatic carbocycles. The lowest BCUT2D eigenvalue weighted by molar-refractivity contribution is -0.133. The Morgan fingerprint density at radius 1 is 0.400 bits per heavy atom. The van der Waals surface area contributed by atoms with E-state index in [0.29, 0.717) is 0 Å². The first kappa shape index (κ1) is 44.7. The first-order valence-corrected chi connectivity index (χ1v) is 22.6. The molecule has 0 unspecified atom stereocenters. The molecule has 328 valence electrons. The van der Waals surface area contributed by atoms with Gasteiger partial charge in [0.05, 0.1) is 23.3 Å². The summed E-state index contributed by atoms with van der Waals surface area (Å²) in [5.74, 6) is -1.10. The predicted octanol–water partition coefficient (Wildman–Crippen LogP) is 11.1. The molecule has 0 bridgehead atoms. The molecule has 6 heteroatoms. The number of hydrogen-bond donors (Lipinski definition) is 4. The quantitative estimate of drug-likeness (QED) is 0.0728. The van der Waals surface area contributed by atoms with Gasteiger partial charge in [-0.25, -0.2) is 0 Å². The van der Waals surface area contributed by atoms with Crippen molar-refractivity contribution in [1.82, 2.24) is 10.6 Å². The number of hydrogen-bond acceptors (Lipinski definition) is 4. The standard InChI is InChI=1S/C59H58N2O4/c1-40-19-27-44(28-20-40)36-58(64,37-45-29-21-41(2)22-30-45)56(52-17-9-13-48-11-5-7-15-50(48)52)60-54(62)35-55(63)61-57(53-18-10-14-49-12-6-8-16-51(49)53)59(65,38-46-31-23-42(3)24-32-46)39-47-33-25-43(4)26-34-47/h5-34,56-57,64-65H,35-39H2,1-4H3,(H,60,62)(H,61,63)/t56-,57-/m0/s1. The Morgan fingerprint density at radius 2 is 0.677 bits per heavy atom. The van der Waals surface area contributed by atoms with E-state index in [9.17, 15) is 19.8 Å². The fraction of sp³-hybridized carbons (Fsp3) is 0.220. The van der Waals surface area contributed by atoms with Crippen LogP contribution in [0.1, 0.15) is 74.1 Å². The van der Waals surface area contributed by atoms with Gasteiger partial charge in [0.15, 0.2) is 0 Å². The van der Waals surface area contributed by atoms with Crippen LogP contribution in [0, 0.1) is 27.7 Å². The highest BCUT2D eigenvalue weighted by molar-refractivity contribution is 5.98. The third kappa shape index (κ3) is 10.7. The molecule has 8 rings (SSSR count). The number of aliphatic hydroxyl groups is 2. The summed E-state index contributed by atoms with van der Waals surface area (Å²) in [6, 6.07) is 58.3. The van der Waals surface area contributed by atoms with Crippen LogP contribution < -0.4 is 10.6 Å². The van der Waals surface area contributed by atoms with Crippen LogP contribution in [0.4, 0.5) is 0 Å². The fourth-order valence-corrected chi connectivity index (χ4v) is 9.35. The van der Waals surface area contributed by atoms with E-state index in [0.717, 1.165) is 77.2 Å². The van der Waals surface area contributed by atoms with Gasteiger partial charge < -0.3 is 20.8 Å². The monoisotopic (exact) mass is 858 g/mol. The van der Waals surface area contributed by atoms with E-state index in [1.165, 1.54) is 0 Å². The summed E-state index contributed by atoms with van der Waals surface area (Å²) in [5.41, 5.74) is 6.52. The summed E-state index contributed by atoms with van der Waals surface area (Å²) < 4.78 is 0. The predicted molar refractivity (Wildman–Crippen MR) is 264 cm³/mol. The molecule has 0 saturated heterocycles. The molecule has 2 atom stereocenters. The molecule has 0 fully saturated rings. The van der Waals surface area contributed by atoms with Gasteiger partial charge in [-0.3, -0.25) is 9.59 Å². The van der Waals surface area contributed by atoms with E-state index in [4.69, 9.17) is 0 Å². The number of aryl methyl sites for hydroxylation is 4. The first-order chi connectivity index (χ1) is 31.3. The molecule has 8 aromatic rings. The molecule has 0 aliphatic rings. The van der Waals surface area contributed by atoms with E-state index in [-0.39, 0.29) is 25.7 Å². The smallest absolute Gasteiger partial charge is 0.230 e. The Balaban J connectivity index is 1.18.